The van der Waals surface area contributed by atoms with Gasteiger partial charge in [-0.25, -0.2) is 0 Å². The lowest BCUT2D eigenvalue weighted by Gasteiger charge is -2.07. The van der Waals surface area contributed by atoms with E-state index in [9.17, 15) is 0 Å². The molecule has 0 radical (unpaired) electrons. The second-order valence-electron chi connectivity index (χ2n) is 4.33. The minimum absolute atomic E-state index is 0.322. The van der Waals surface area contributed by atoms with Gasteiger partial charge in [-0.1, -0.05) is 0 Å². The standard InChI is InChI=1S/C14H15N3O/c1-10(2)17-9-12(8-16-17)13-5-4-11(7-15)6-14(13)18-3/h4-6,8-10H,1-3H3. The molecule has 0 bridgehead atoms. The van der Waals surface area contributed by atoms with Gasteiger partial charge in [0.2, 0.25) is 0 Å². The van der Waals surface area contributed by atoms with Gasteiger partial charge < -0.3 is 4.74 Å². The van der Waals surface area contributed by atoms with Crippen LogP contribution < -0.4 is 4.74 Å². The molecule has 1 aromatic carbocycles. The van der Waals surface area contributed by atoms with Gasteiger partial charge >= 0.3 is 0 Å². The number of benzene rings is 1. The summed E-state index contributed by atoms with van der Waals surface area (Å²) < 4.78 is 7.22. The molecule has 0 atom stereocenters. The topological polar surface area (TPSA) is 50.8 Å². The van der Waals surface area contributed by atoms with E-state index in [1.807, 2.05) is 23.1 Å². The molecule has 0 N–H and O–H groups in total. The lowest BCUT2D eigenvalue weighted by Crippen LogP contribution is -1.99. The third kappa shape index (κ3) is 2.21. The number of nitrogens with zero attached hydrogens (tertiary/aromatic N) is 3. The second kappa shape index (κ2) is 4.92. The largest absolute Gasteiger partial charge is 0.496 e. The first-order valence-corrected chi connectivity index (χ1v) is 5.78. The van der Waals surface area contributed by atoms with E-state index in [-0.39, 0.29) is 0 Å². The van der Waals surface area contributed by atoms with E-state index < -0.39 is 0 Å². The van der Waals surface area contributed by atoms with E-state index in [2.05, 4.69) is 25.0 Å². The molecule has 1 heterocycles. The molecule has 92 valence electrons. The fourth-order valence-corrected chi connectivity index (χ4v) is 1.76. The summed E-state index contributed by atoms with van der Waals surface area (Å²) in [4.78, 5) is 0. The van der Waals surface area contributed by atoms with Crippen LogP contribution in [0.2, 0.25) is 0 Å². The van der Waals surface area contributed by atoms with Crippen LogP contribution in [0.1, 0.15) is 25.5 Å². The van der Waals surface area contributed by atoms with Crippen molar-refractivity contribution < 1.29 is 4.74 Å². The van der Waals surface area contributed by atoms with Gasteiger partial charge in [-0.05, 0) is 32.0 Å². The van der Waals surface area contributed by atoms with Gasteiger partial charge in [0.1, 0.15) is 5.75 Å². The van der Waals surface area contributed by atoms with Crippen LogP contribution >= 0.6 is 0 Å². The monoisotopic (exact) mass is 241 g/mol. The Hall–Kier alpha value is -2.28. The summed E-state index contributed by atoms with van der Waals surface area (Å²) in [6.45, 7) is 4.15. The maximum Gasteiger partial charge on any atom is 0.128 e. The molecule has 1 aromatic heterocycles. The van der Waals surface area contributed by atoms with Crippen LogP contribution in [0.3, 0.4) is 0 Å². The zero-order valence-electron chi connectivity index (χ0n) is 10.7. The van der Waals surface area contributed by atoms with E-state index in [0.29, 0.717) is 17.4 Å². The Labute approximate surface area is 106 Å². The Bertz CT molecular complexity index is 593. The first-order valence-electron chi connectivity index (χ1n) is 5.78. The van der Waals surface area contributed by atoms with Gasteiger partial charge in [-0.2, -0.15) is 10.4 Å². The Morgan fingerprint density at radius 3 is 2.72 bits per heavy atom. The molecule has 4 nitrogen and oxygen atoms in total. The van der Waals surface area contributed by atoms with E-state index in [4.69, 9.17) is 10.00 Å². The zero-order valence-corrected chi connectivity index (χ0v) is 10.7. The molecular formula is C14H15N3O. The van der Waals surface area contributed by atoms with Crippen LogP contribution in [0.4, 0.5) is 0 Å². The Morgan fingerprint density at radius 1 is 1.39 bits per heavy atom. The van der Waals surface area contributed by atoms with Crippen molar-refractivity contribution in [3.05, 3.63) is 36.2 Å². The minimum atomic E-state index is 0.322. The molecule has 0 aliphatic carbocycles. The SMILES string of the molecule is COc1cc(C#N)ccc1-c1cnn(C(C)C)c1. The quantitative estimate of drug-likeness (QED) is 0.830. The Morgan fingerprint density at radius 2 is 2.17 bits per heavy atom. The van der Waals surface area contributed by atoms with Gasteiger partial charge in [0.25, 0.3) is 0 Å². The predicted molar refractivity (Wildman–Crippen MR) is 69.3 cm³/mol. The van der Waals surface area contributed by atoms with E-state index in [0.717, 1.165) is 11.1 Å². The first-order chi connectivity index (χ1) is 8.65. The third-order valence-corrected chi connectivity index (χ3v) is 2.77. The number of hydrogen-bond donors (Lipinski definition) is 0. The van der Waals surface area contributed by atoms with Crippen LogP contribution in [0.15, 0.2) is 30.6 Å². The van der Waals surface area contributed by atoms with Crippen molar-refractivity contribution in [3.63, 3.8) is 0 Å². The predicted octanol–water partition coefficient (Wildman–Crippen LogP) is 3.01. The van der Waals surface area contributed by atoms with Crippen molar-refractivity contribution in [2.75, 3.05) is 7.11 Å². The average Bonchev–Trinajstić information content (AvgIpc) is 2.87. The normalized spacial score (nSPS) is 10.4. The van der Waals surface area contributed by atoms with Crippen LogP contribution in [-0.2, 0) is 0 Å². The molecule has 2 aromatic rings. The number of hydrogen-bond acceptors (Lipinski definition) is 3. The van der Waals surface area contributed by atoms with Crippen LogP contribution in [0.25, 0.3) is 11.1 Å². The first kappa shape index (κ1) is 12.2. The molecule has 4 heteroatoms. The van der Waals surface area contributed by atoms with Crippen molar-refractivity contribution in [2.45, 2.75) is 19.9 Å². The fraction of sp³-hybridized carbons (Fsp3) is 0.286. The molecule has 2 rings (SSSR count). The van der Waals surface area contributed by atoms with Crippen molar-refractivity contribution in [1.29, 1.82) is 5.26 Å². The number of rotatable bonds is 3. The summed E-state index contributed by atoms with van der Waals surface area (Å²) in [6, 6.07) is 7.83. The Balaban J connectivity index is 2.46. The van der Waals surface area contributed by atoms with Crippen molar-refractivity contribution in [2.24, 2.45) is 0 Å². The van der Waals surface area contributed by atoms with E-state index in [1.54, 1.807) is 19.2 Å². The highest BCUT2D eigenvalue weighted by Crippen LogP contribution is 2.30. The molecule has 0 spiro atoms. The zero-order chi connectivity index (χ0) is 13.1. The summed E-state index contributed by atoms with van der Waals surface area (Å²) in [5, 5.41) is 13.2. The summed E-state index contributed by atoms with van der Waals surface area (Å²) in [6.07, 6.45) is 3.79. The molecule has 0 saturated carbocycles. The molecular weight excluding hydrogens is 226 g/mol. The van der Waals surface area contributed by atoms with Crippen molar-refractivity contribution in [3.8, 4) is 22.9 Å². The molecule has 0 amide bonds. The highest BCUT2D eigenvalue weighted by atomic mass is 16.5. The number of aromatic nitrogens is 2. The van der Waals surface area contributed by atoms with Gasteiger partial charge in [-0.15, -0.1) is 0 Å². The maximum absolute atomic E-state index is 8.87. The van der Waals surface area contributed by atoms with Gasteiger partial charge in [0.15, 0.2) is 0 Å². The smallest absolute Gasteiger partial charge is 0.128 e. The molecule has 0 aliphatic heterocycles. The Kier molecular flexibility index (Phi) is 3.33. The molecule has 18 heavy (non-hydrogen) atoms. The minimum Gasteiger partial charge on any atom is -0.496 e. The summed E-state index contributed by atoms with van der Waals surface area (Å²) in [5.74, 6) is 0.692. The molecule has 0 fully saturated rings. The number of methoxy groups -OCH3 is 1. The van der Waals surface area contributed by atoms with Crippen LogP contribution in [0.5, 0.6) is 5.75 Å². The van der Waals surface area contributed by atoms with Crippen LogP contribution in [0, 0.1) is 11.3 Å². The van der Waals surface area contributed by atoms with Gasteiger partial charge in [-0.3, -0.25) is 4.68 Å². The summed E-state index contributed by atoms with van der Waals surface area (Å²) >= 11 is 0. The molecule has 0 unspecified atom stereocenters. The van der Waals surface area contributed by atoms with Crippen molar-refractivity contribution >= 4 is 0 Å². The molecule has 0 aliphatic rings. The maximum atomic E-state index is 8.87. The van der Waals surface area contributed by atoms with E-state index >= 15 is 0 Å². The molecule has 0 saturated heterocycles. The van der Waals surface area contributed by atoms with Gasteiger partial charge in [0, 0.05) is 23.4 Å². The number of nitriles is 1. The third-order valence-electron chi connectivity index (χ3n) is 2.77. The van der Waals surface area contributed by atoms with Gasteiger partial charge in [0.05, 0.1) is 24.9 Å². The van der Waals surface area contributed by atoms with Crippen LogP contribution in [-0.4, -0.2) is 16.9 Å². The average molecular weight is 241 g/mol. The van der Waals surface area contributed by atoms with E-state index in [1.165, 1.54) is 0 Å². The number of ether oxygens (including phenoxy) is 1. The second-order valence-corrected chi connectivity index (χ2v) is 4.33. The van der Waals surface area contributed by atoms with Crippen molar-refractivity contribution in [1.82, 2.24) is 9.78 Å². The summed E-state index contributed by atoms with van der Waals surface area (Å²) in [7, 11) is 1.60. The summed E-state index contributed by atoms with van der Waals surface area (Å²) in [5.41, 5.74) is 2.53. The lowest BCUT2D eigenvalue weighted by atomic mass is 10.1. The fourth-order valence-electron chi connectivity index (χ4n) is 1.76. The highest BCUT2D eigenvalue weighted by Gasteiger charge is 2.10. The highest BCUT2D eigenvalue weighted by molar-refractivity contribution is 5.70. The lowest BCUT2D eigenvalue weighted by molar-refractivity contribution is 0.416.